The second-order valence-electron chi connectivity index (χ2n) is 7.81. The minimum absolute atomic E-state index is 0.0273. The lowest BCUT2D eigenvalue weighted by Crippen LogP contribution is -2.30. The van der Waals surface area contributed by atoms with Crippen molar-refractivity contribution in [3.05, 3.63) is 64.3 Å². The van der Waals surface area contributed by atoms with Gasteiger partial charge in [0.25, 0.3) is 5.91 Å². The predicted molar refractivity (Wildman–Crippen MR) is 124 cm³/mol. The van der Waals surface area contributed by atoms with Crippen molar-refractivity contribution in [1.29, 1.82) is 0 Å². The molecule has 0 saturated heterocycles. The van der Waals surface area contributed by atoms with E-state index in [1.54, 1.807) is 36.7 Å². The highest BCUT2D eigenvalue weighted by molar-refractivity contribution is 7.92. The highest BCUT2D eigenvalue weighted by Gasteiger charge is 2.32. The van der Waals surface area contributed by atoms with Crippen LogP contribution in [0.15, 0.2) is 47.4 Å². The number of halogens is 1. The van der Waals surface area contributed by atoms with Crippen molar-refractivity contribution >= 4 is 44.2 Å². The monoisotopic (exact) mass is 476 g/mol. The third-order valence-electron chi connectivity index (χ3n) is 5.57. The van der Waals surface area contributed by atoms with Gasteiger partial charge in [-0.1, -0.05) is 30.7 Å². The lowest BCUT2D eigenvalue weighted by molar-refractivity contribution is -0.136. The number of sulfone groups is 1. The van der Waals surface area contributed by atoms with E-state index in [4.69, 9.17) is 11.6 Å². The molecule has 32 heavy (non-hydrogen) atoms. The van der Waals surface area contributed by atoms with Gasteiger partial charge in [0.15, 0.2) is 15.1 Å². The summed E-state index contributed by atoms with van der Waals surface area (Å²) in [5, 5.41) is 12.0. The molecule has 1 heterocycles. The Morgan fingerprint density at radius 1 is 1.16 bits per heavy atom. The number of aliphatic carboxylic acids is 1. The molecule has 2 aromatic carbocycles. The summed E-state index contributed by atoms with van der Waals surface area (Å²) < 4.78 is 26.9. The van der Waals surface area contributed by atoms with Gasteiger partial charge in [0, 0.05) is 12.4 Å². The van der Waals surface area contributed by atoms with Crippen LogP contribution >= 0.6 is 11.6 Å². The number of nitrogens with one attached hydrogen (secondary N) is 1. The fraction of sp³-hybridized carbons (Fsp3) is 0.304. The van der Waals surface area contributed by atoms with E-state index in [9.17, 15) is 23.1 Å². The van der Waals surface area contributed by atoms with Crippen LogP contribution < -0.4 is 5.32 Å². The van der Waals surface area contributed by atoms with Crippen molar-refractivity contribution in [3.8, 4) is 0 Å². The van der Waals surface area contributed by atoms with E-state index in [-0.39, 0.29) is 17.2 Å². The molecule has 2 N–H and O–H groups in total. The number of aromatic nitrogens is 1. The number of carboxylic acid groups (broad SMARTS) is 1. The third-order valence-corrected chi connectivity index (χ3v) is 8.09. The van der Waals surface area contributed by atoms with Crippen LogP contribution in [0.25, 0.3) is 10.9 Å². The quantitative estimate of drug-likeness (QED) is 0.529. The van der Waals surface area contributed by atoms with Crippen LogP contribution in [-0.2, 0) is 21.7 Å². The Morgan fingerprint density at radius 2 is 1.78 bits per heavy atom. The van der Waals surface area contributed by atoms with E-state index in [1.807, 2.05) is 19.1 Å². The second-order valence-corrected chi connectivity index (χ2v) is 10.4. The van der Waals surface area contributed by atoms with Crippen molar-refractivity contribution < 1.29 is 23.1 Å². The average molecular weight is 477 g/mol. The zero-order valence-corrected chi connectivity index (χ0v) is 19.8. The van der Waals surface area contributed by atoms with Gasteiger partial charge in [0.2, 0.25) is 0 Å². The minimum Gasteiger partial charge on any atom is -0.480 e. The molecule has 0 aliphatic heterocycles. The van der Waals surface area contributed by atoms with E-state index in [2.05, 4.69) is 5.32 Å². The van der Waals surface area contributed by atoms with Gasteiger partial charge >= 0.3 is 5.97 Å². The van der Waals surface area contributed by atoms with E-state index < -0.39 is 27.1 Å². The van der Waals surface area contributed by atoms with Gasteiger partial charge in [-0.15, -0.1) is 0 Å². The molecule has 7 nitrogen and oxygen atoms in total. The van der Waals surface area contributed by atoms with E-state index in [1.165, 1.54) is 19.1 Å². The molecule has 1 unspecified atom stereocenters. The molecule has 1 aromatic heterocycles. The first-order chi connectivity index (χ1) is 15.0. The minimum atomic E-state index is -3.99. The van der Waals surface area contributed by atoms with Crippen LogP contribution in [0.1, 0.15) is 47.9 Å². The molecule has 0 radical (unpaired) electrons. The lowest BCUT2D eigenvalue weighted by atomic mass is 10.1. The van der Waals surface area contributed by atoms with Crippen LogP contribution in [0.2, 0.25) is 5.02 Å². The Morgan fingerprint density at radius 3 is 2.34 bits per heavy atom. The van der Waals surface area contributed by atoms with Crippen LogP contribution in [0, 0.1) is 6.92 Å². The normalized spacial score (nSPS) is 13.7. The topological polar surface area (TPSA) is 105 Å². The predicted octanol–water partition coefficient (Wildman–Crippen LogP) is 4.27. The molecule has 0 aliphatic rings. The SMILES string of the molecule is CCC(C(=O)O)S(=O)(=O)c1ccc([C@@H](C)NC(=O)c2cc3c(Cl)cc(C)cc3n2C)cc1. The van der Waals surface area contributed by atoms with Gasteiger partial charge in [-0.25, -0.2) is 8.42 Å². The maximum atomic E-state index is 12.9. The fourth-order valence-corrected chi connectivity index (χ4v) is 5.60. The number of hydrogen-bond donors (Lipinski definition) is 2. The maximum absolute atomic E-state index is 12.9. The third kappa shape index (κ3) is 4.38. The molecule has 170 valence electrons. The molecule has 9 heteroatoms. The average Bonchev–Trinajstić information content (AvgIpc) is 3.05. The molecule has 0 spiro atoms. The molecule has 0 fully saturated rings. The Balaban J connectivity index is 1.82. The van der Waals surface area contributed by atoms with Gasteiger partial charge in [0.1, 0.15) is 5.69 Å². The van der Waals surface area contributed by atoms with Crippen LogP contribution in [0.3, 0.4) is 0 Å². The van der Waals surface area contributed by atoms with Crippen LogP contribution in [0.4, 0.5) is 0 Å². The molecule has 1 amide bonds. The number of fused-ring (bicyclic) bond motifs is 1. The molecular formula is C23H25ClN2O5S. The number of nitrogens with zero attached hydrogens (tertiary/aromatic N) is 1. The number of carbonyl (C=O) groups excluding carboxylic acids is 1. The maximum Gasteiger partial charge on any atom is 0.322 e. The van der Waals surface area contributed by atoms with Crippen LogP contribution in [0.5, 0.6) is 0 Å². The smallest absolute Gasteiger partial charge is 0.322 e. The molecule has 0 saturated carbocycles. The summed E-state index contributed by atoms with van der Waals surface area (Å²) in [5.41, 5.74) is 2.98. The number of carbonyl (C=O) groups is 2. The van der Waals surface area contributed by atoms with E-state index >= 15 is 0 Å². The Hall–Kier alpha value is -2.84. The molecular weight excluding hydrogens is 452 g/mol. The number of rotatable bonds is 7. The summed E-state index contributed by atoms with van der Waals surface area (Å²) in [6, 6.07) is 11.0. The van der Waals surface area contributed by atoms with Gasteiger partial charge in [0.05, 0.1) is 21.5 Å². The van der Waals surface area contributed by atoms with Gasteiger partial charge in [-0.3, -0.25) is 9.59 Å². The highest BCUT2D eigenvalue weighted by Crippen LogP contribution is 2.28. The zero-order chi connectivity index (χ0) is 23.8. The van der Waals surface area contributed by atoms with Crippen molar-refractivity contribution in [2.45, 2.75) is 43.4 Å². The summed E-state index contributed by atoms with van der Waals surface area (Å²) in [5.74, 6) is -1.67. The number of hydrogen-bond acceptors (Lipinski definition) is 4. The van der Waals surface area contributed by atoms with E-state index in [0.717, 1.165) is 16.5 Å². The van der Waals surface area contributed by atoms with E-state index in [0.29, 0.717) is 16.3 Å². The summed E-state index contributed by atoms with van der Waals surface area (Å²) in [6.45, 7) is 5.24. The Kier molecular flexibility index (Phi) is 6.67. The first-order valence-corrected chi connectivity index (χ1v) is 12.0. The highest BCUT2D eigenvalue weighted by atomic mass is 35.5. The number of carboxylic acids is 1. The Bertz CT molecular complexity index is 1300. The van der Waals surface area contributed by atoms with Gasteiger partial charge in [-0.2, -0.15) is 0 Å². The summed E-state index contributed by atoms with van der Waals surface area (Å²) in [6.07, 6.45) is -0.0273. The lowest BCUT2D eigenvalue weighted by Gasteiger charge is -2.16. The first kappa shape index (κ1) is 23.8. The number of aryl methyl sites for hydroxylation is 2. The van der Waals surface area contributed by atoms with Gasteiger partial charge < -0.3 is 15.0 Å². The van der Waals surface area contributed by atoms with Crippen molar-refractivity contribution in [1.82, 2.24) is 9.88 Å². The number of amides is 1. The largest absolute Gasteiger partial charge is 0.480 e. The zero-order valence-electron chi connectivity index (χ0n) is 18.2. The van der Waals surface area contributed by atoms with Crippen molar-refractivity contribution in [3.63, 3.8) is 0 Å². The second kappa shape index (κ2) is 8.96. The van der Waals surface area contributed by atoms with Crippen molar-refractivity contribution in [2.24, 2.45) is 7.05 Å². The summed E-state index contributed by atoms with van der Waals surface area (Å²) in [4.78, 5) is 24.1. The standard InChI is InChI=1S/C23H25ClN2O5S/c1-5-21(23(28)29)32(30,31)16-8-6-15(7-9-16)14(3)25-22(27)20-12-17-18(24)10-13(2)11-19(17)26(20)4/h6-12,14,21H,5H2,1-4H3,(H,25,27)(H,28,29)/t14-,21?/m1/s1. The fourth-order valence-electron chi connectivity index (χ4n) is 3.73. The number of benzene rings is 2. The molecule has 3 rings (SSSR count). The van der Waals surface area contributed by atoms with Crippen molar-refractivity contribution in [2.75, 3.05) is 0 Å². The van der Waals surface area contributed by atoms with Crippen LogP contribution in [-0.4, -0.2) is 35.2 Å². The first-order valence-electron chi connectivity index (χ1n) is 10.1. The summed E-state index contributed by atoms with van der Waals surface area (Å²) in [7, 11) is -2.19. The summed E-state index contributed by atoms with van der Waals surface area (Å²) >= 11 is 6.33. The molecule has 0 bridgehead atoms. The Labute approximate surface area is 191 Å². The molecule has 3 aromatic rings. The molecule has 0 aliphatic carbocycles. The van der Waals surface area contributed by atoms with Gasteiger partial charge in [-0.05, 0) is 61.7 Å². The molecule has 2 atom stereocenters.